The van der Waals surface area contributed by atoms with Gasteiger partial charge in [0.25, 0.3) is 0 Å². The Bertz CT molecular complexity index is 719. The van der Waals surface area contributed by atoms with Crippen molar-refractivity contribution in [3.63, 3.8) is 0 Å². The zero-order valence-electron chi connectivity index (χ0n) is 14.6. The van der Waals surface area contributed by atoms with Gasteiger partial charge in [0, 0.05) is 25.6 Å². The van der Waals surface area contributed by atoms with E-state index >= 15 is 0 Å². The predicted molar refractivity (Wildman–Crippen MR) is 98.0 cm³/mol. The molecule has 2 aromatic carbocycles. The van der Waals surface area contributed by atoms with E-state index in [-0.39, 0.29) is 5.60 Å². The number of rotatable bonds is 4. The molecule has 1 aliphatic heterocycles. The third-order valence-electron chi connectivity index (χ3n) is 6.19. The summed E-state index contributed by atoms with van der Waals surface area (Å²) >= 11 is 0. The van der Waals surface area contributed by atoms with Gasteiger partial charge in [-0.15, -0.1) is 0 Å². The first-order chi connectivity index (χ1) is 12.4. The van der Waals surface area contributed by atoms with Crippen LogP contribution in [0.2, 0.25) is 0 Å². The number of ether oxygens (including phenoxy) is 2. The summed E-state index contributed by atoms with van der Waals surface area (Å²) in [6, 6.07) is 17.8. The molecule has 0 spiro atoms. The fourth-order valence-corrected chi connectivity index (χ4v) is 4.98. The summed E-state index contributed by atoms with van der Waals surface area (Å²) in [4.78, 5) is 2.45. The first-order valence-corrected chi connectivity index (χ1v) is 9.51. The molecule has 3 aliphatic carbocycles. The summed E-state index contributed by atoms with van der Waals surface area (Å²) in [5.74, 6) is 0.539. The van der Waals surface area contributed by atoms with Gasteiger partial charge in [0.2, 0.25) is 0 Å². The number of nitrogens with zero attached hydrogens (tertiary/aromatic N) is 1. The van der Waals surface area contributed by atoms with Crippen molar-refractivity contribution in [3.05, 3.63) is 70.8 Å². The van der Waals surface area contributed by atoms with Gasteiger partial charge < -0.3 is 9.47 Å². The summed E-state index contributed by atoms with van der Waals surface area (Å²) in [5, 5.41) is 0. The predicted octanol–water partition coefficient (Wildman–Crippen LogP) is 3.52. The lowest BCUT2D eigenvalue weighted by Crippen LogP contribution is -2.44. The maximum Gasteiger partial charge on any atom is 0.119 e. The van der Waals surface area contributed by atoms with Crippen molar-refractivity contribution in [2.75, 3.05) is 39.5 Å². The number of morpholine rings is 1. The molecule has 3 heteroatoms. The highest BCUT2D eigenvalue weighted by Gasteiger charge is 2.48. The molecule has 6 rings (SSSR count). The average molecular weight is 335 g/mol. The SMILES string of the molecule is c1ccc2c(c1)C1CCC2(OCCN2CCOCC2)c2ccccc21. The Balaban J connectivity index is 1.47. The molecule has 1 fully saturated rings. The second-order valence-electron chi connectivity index (χ2n) is 7.40. The molecule has 0 amide bonds. The van der Waals surface area contributed by atoms with E-state index in [1.165, 1.54) is 28.7 Å². The average Bonchev–Trinajstić information content (AvgIpc) is 2.70. The van der Waals surface area contributed by atoms with Crippen LogP contribution in [-0.4, -0.2) is 44.4 Å². The minimum absolute atomic E-state index is 0.256. The Labute approximate surface area is 149 Å². The molecule has 1 heterocycles. The third-order valence-corrected chi connectivity index (χ3v) is 6.19. The topological polar surface area (TPSA) is 21.7 Å². The van der Waals surface area contributed by atoms with Crippen molar-refractivity contribution in [1.29, 1.82) is 0 Å². The van der Waals surface area contributed by atoms with Gasteiger partial charge >= 0.3 is 0 Å². The Morgan fingerprint density at radius 1 is 0.960 bits per heavy atom. The Morgan fingerprint density at radius 3 is 2.28 bits per heavy atom. The number of hydrogen-bond acceptors (Lipinski definition) is 3. The largest absolute Gasteiger partial charge is 0.379 e. The van der Waals surface area contributed by atoms with E-state index in [1.807, 2.05) is 0 Å². The van der Waals surface area contributed by atoms with Gasteiger partial charge in [-0.25, -0.2) is 0 Å². The van der Waals surface area contributed by atoms with Crippen LogP contribution in [-0.2, 0) is 15.1 Å². The van der Waals surface area contributed by atoms with Crippen LogP contribution in [0.4, 0.5) is 0 Å². The molecular formula is C22H25NO2. The first kappa shape index (κ1) is 15.6. The lowest BCUT2D eigenvalue weighted by atomic mass is 9.61. The van der Waals surface area contributed by atoms with Crippen molar-refractivity contribution < 1.29 is 9.47 Å². The van der Waals surface area contributed by atoms with Gasteiger partial charge in [-0.05, 0) is 35.1 Å². The van der Waals surface area contributed by atoms with Gasteiger partial charge in [-0.1, -0.05) is 48.5 Å². The van der Waals surface area contributed by atoms with Crippen LogP contribution in [0.25, 0.3) is 0 Å². The standard InChI is InChI=1S/C22H25NO2/c1-3-7-20-18(5-1)17-9-10-22(20,21-8-4-2-6-19(17)21)25-16-13-23-11-14-24-15-12-23/h1-8,17H,9-16H2. The molecule has 130 valence electrons. The van der Waals surface area contributed by atoms with Crippen LogP contribution in [0.3, 0.4) is 0 Å². The van der Waals surface area contributed by atoms with Gasteiger partial charge in [0.05, 0.1) is 19.8 Å². The second-order valence-corrected chi connectivity index (χ2v) is 7.40. The summed E-state index contributed by atoms with van der Waals surface area (Å²) in [6.45, 7) is 5.49. The Morgan fingerprint density at radius 2 is 1.60 bits per heavy atom. The minimum atomic E-state index is -0.256. The lowest BCUT2D eigenvalue weighted by Gasteiger charge is -2.49. The molecule has 25 heavy (non-hydrogen) atoms. The van der Waals surface area contributed by atoms with E-state index in [2.05, 4.69) is 53.4 Å². The molecule has 0 atom stereocenters. The summed E-state index contributed by atoms with van der Waals surface area (Å²) in [5.41, 5.74) is 5.48. The molecule has 0 radical (unpaired) electrons. The van der Waals surface area contributed by atoms with Crippen LogP contribution in [0.5, 0.6) is 0 Å². The third kappa shape index (κ3) is 2.45. The molecule has 0 saturated carbocycles. The van der Waals surface area contributed by atoms with Crippen LogP contribution in [0, 0.1) is 0 Å². The van der Waals surface area contributed by atoms with Gasteiger partial charge in [-0.3, -0.25) is 4.90 Å². The van der Waals surface area contributed by atoms with E-state index < -0.39 is 0 Å². The van der Waals surface area contributed by atoms with Gasteiger partial charge in [0.1, 0.15) is 5.60 Å². The van der Waals surface area contributed by atoms with Crippen LogP contribution < -0.4 is 0 Å². The molecule has 0 aromatic heterocycles. The van der Waals surface area contributed by atoms with E-state index in [0.717, 1.165) is 45.9 Å². The monoisotopic (exact) mass is 335 g/mol. The molecule has 1 saturated heterocycles. The van der Waals surface area contributed by atoms with Crippen molar-refractivity contribution >= 4 is 0 Å². The van der Waals surface area contributed by atoms with Crippen molar-refractivity contribution in [1.82, 2.24) is 4.90 Å². The van der Waals surface area contributed by atoms with Crippen LogP contribution >= 0.6 is 0 Å². The maximum atomic E-state index is 6.73. The molecule has 2 bridgehead atoms. The Kier molecular flexibility index (Phi) is 3.89. The van der Waals surface area contributed by atoms with Crippen LogP contribution in [0.1, 0.15) is 41.0 Å². The highest BCUT2D eigenvalue weighted by molar-refractivity contribution is 5.57. The molecule has 0 unspecified atom stereocenters. The highest BCUT2D eigenvalue weighted by atomic mass is 16.5. The Hall–Kier alpha value is -1.68. The zero-order valence-corrected chi connectivity index (χ0v) is 14.6. The molecular weight excluding hydrogens is 310 g/mol. The zero-order chi connectivity index (χ0) is 16.7. The quantitative estimate of drug-likeness (QED) is 0.853. The molecule has 3 nitrogen and oxygen atoms in total. The first-order valence-electron chi connectivity index (χ1n) is 9.51. The van der Waals surface area contributed by atoms with Crippen molar-refractivity contribution in [2.24, 2.45) is 0 Å². The fourth-order valence-electron chi connectivity index (χ4n) is 4.98. The fraction of sp³-hybridized carbons (Fsp3) is 0.455. The van der Waals surface area contributed by atoms with E-state index in [1.54, 1.807) is 0 Å². The van der Waals surface area contributed by atoms with E-state index in [4.69, 9.17) is 9.47 Å². The number of hydrogen-bond donors (Lipinski definition) is 0. The number of benzene rings is 2. The summed E-state index contributed by atoms with van der Waals surface area (Å²) in [6.07, 6.45) is 2.28. The summed E-state index contributed by atoms with van der Waals surface area (Å²) < 4.78 is 12.2. The molecule has 0 N–H and O–H groups in total. The van der Waals surface area contributed by atoms with Crippen molar-refractivity contribution in [3.8, 4) is 0 Å². The molecule has 4 aliphatic rings. The van der Waals surface area contributed by atoms with Crippen LogP contribution in [0.15, 0.2) is 48.5 Å². The van der Waals surface area contributed by atoms with Gasteiger partial charge in [-0.2, -0.15) is 0 Å². The van der Waals surface area contributed by atoms with E-state index in [9.17, 15) is 0 Å². The summed E-state index contributed by atoms with van der Waals surface area (Å²) in [7, 11) is 0. The maximum absolute atomic E-state index is 6.73. The minimum Gasteiger partial charge on any atom is -0.379 e. The van der Waals surface area contributed by atoms with Crippen molar-refractivity contribution in [2.45, 2.75) is 24.4 Å². The highest BCUT2D eigenvalue weighted by Crippen LogP contribution is 2.56. The second kappa shape index (κ2) is 6.24. The smallest absolute Gasteiger partial charge is 0.119 e. The van der Waals surface area contributed by atoms with E-state index in [0.29, 0.717) is 5.92 Å². The lowest BCUT2D eigenvalue weighted by molar-refractivity contribution is -0.0550. The normalized spacial score (nSPS) is 27.8. The molecule has 2 aromatic rings. The number of fused-ring (bicyclic) bond motifs is 1. The van der Waals surface area contributed by atoms with Gasteiger partial charge in [0.15, 0.2) is 0 Å².